The molecule has 8 nitrogen and oxygen atoms in total. The summed E-state index contributed by atoms with van der Waals surface area (Å²) in [5.74, 6) is 0.736. The predicted molar refractivity (Wildman–Crippen MR) is 98.1 cm³/mol. The molecular weight excluding hydrogens is 330 g/mol. The van der Waals surface area contributed by atoms with E-state index in [9.17, 15) is 4.79 Å². The van der Waals surface area contributed by atoms with Crippen LogP contribution in [-0.2, 0) is 0 Å². The van der Waals surface area contributed by atoms with E-state index in [-0.39, 0.29) is 18.1 Å². The first-order valence-corrected chi connectivity index (χ1v) is 9.20. The lowest BCUT2D eigenvalue weighted by molar-refractivity contribution is 0.114. The quantitative estimate of drug-likeness (QED) is 0.903. The van der Waals surface area contributed by atoms with Gasteiger partial charge in [-0.15, -0.1) is 0 Å². The van der Waals surface area contributed by atoms with Crippen LogP contribution in [0.25, 0.3) is 0 Å². The molecule has 2 aromatic heterocycles. The Balaban J connectivity index is 1.29. The largest absolute Gasteiger partial charge is 0.339 e. The molecule has 4 heterocycles. The first-order valence-electron chi connectivity index (χ1n) is 9.20. The average molecular weight is 355 g/mol. The second kappa shape index (κ2) is 6.93. The number of hydrogen-bond acceptors (Lipinski definition) is 5. The summed E-state index contributed by atoms with van der Waals surface area (Å²) in [7, 11) is 0. The molecule has 2 amide bonds. The van der Waals surface area contributed by atoms with Gasteiger partial charge in [0, 0.05) is 50.3 Å². The van der Waals surface area contributed by atoms with Crippen molar-refractivity contribution in [1.29, 1.82) is 0 Å². The van der Waals surface area contributed by atoms with Crippen LogP contribution in [0.5, 0.6) is 0 Å². The van der Waals surface area contributed by atoms with Crippen LogP contribution < -0.4 is 10.2 Å². The van der Waals surface area contributed by atoms with Crippen molar-refractivity contribution >= 4 is 12.0 Å². The lowest BCUT2D eigenvalue weighted by Crippen LogP contribution is -2.58. The maximum absolute atomic E-state index is 12.5. The maximum atomic E-state index is 12.5. The number of rotatable bonds is 3. The van der Waals surface area contributed by atoms with Crippen molar-refractivity contribution in [3.8, 4) is 0 Å². The van der Waals surface area contributed by atoms with E-state index in [0.717, 1.165) is 43.3 Å². The van der Waals surface area contributed by atoms with Gasteiger partial charge in [-0.2, -0.15) is 5.10 Å². The molecule has 138 valence electrons. The number of piperidine rings is 1. The number of carbonyl (C=O) groups is 1. The number of anilines is 1. The van der Waals surface area contributed by atoms with Gasteiger partial charge in [0.05, 0.1) is 11.7 Å². The number of carbonyl (C=O) groups excluding carboxylic acids is 1. The highest BCUT2D eigenvalue weighted by atomic mass is 16.2. The van der Waals surface area contributed by atoms with Gasteiger partial charge in [0.15, 0.2) is 0 Å². The zero-order valence-electron chi connectivity index (χ0n) is 15.3. The van der Waals surface area contributed by atoms with E-state index < -0.39 is 0 Å². The summed E-state index contributed by atoms with van der Waals surface area (Å²) in [6, 6.07) is 4.33. The Bertz CT molecular complexity index is 769. The smallest absolute Gasteiger partial charge is 0.317 e. The van der Waals surface area contributed by atoms with Crippen molar-refractivity contribution in [3.05, 3.63) is 35.9 Å². The van der Waals surface area contributed by atoms with Crippen LogP contribution in [0.4, 0.5) is 10.7 Å². The van der Waals surface area contributed by atoms with Crippen LogP contribution >= 0.6 is 0 Å². The van der Waals surface area contributed by atoms with Gasteiger partial charge >= 0.3 is 6.03 Å². The van der Waals surface area contributed by atoms with E-state index in [1.807, 2.05) is 22.6 Å². The molecule has 0 aromatic carbocycles. The fraction of sp³-hybridized carbons (Fsp3) is 0.556. The molecule has 0 saturated carbocycles. The Morgan fingerprint density at radius 1 is 1.19 bits per heavy atom. The minimum absolute atomic E-state index is 0.0172. The summed E-state index contributed by atoms with van der Waals surface area (Å²) in [6.07, 6.45) is 5.52. The van der Waals surface area contributed by atoms with Crippen molar-refractivity contribution in [1.82, 2.24) is 30.0 Å². The molecule has 2 aromatic rings. The topological polar surface area (TPSA) is 79.2 Å². The zero-order chi connectivity index (χ0) is 18.1. The third kappa shape index (κ3) is 3.36. The van der Waals surface area contributed by atoms with Gasteiger partial charge in [0.1, 0.15) is 0 Å². The Morgan fingerprint density at radius 2 is 1.96 bits per heavy atom. The lowest BCUT2D eigenvalue weighted by Gasteiger charge is -2.41. The molecule has 1 atom stereocenters. The SMILES string of the molecule is Cc1cc(C)n(C2CN(C(=O)N[C@H]3CCCN(c4ncccn4)C3)C2)n1. The van der Waals surface area contributed by atoms with E-state index in [1.54, 1.807) is 12.4 Å². The van der Waals surface area contributed by atoms with Crippen molar-refractivity contribution in [2.45, 2.75) is 38.8 Å². The van der Waals surface area contributed by atoms with Crippen molar-refractivity contribution < 1.29 is 4.79 Å². The highest BCUT2D eigenvalue weighted by molar-refractivity contribution is 5.75. The fourth-order valence-corrected chi connectivity index (χ4v) is 3.79. The highest BCUT2D eigenvalue weighted by Crippen LogP contribution is 2.23. The third-order valence-corrected chi connectivity index (χ3v) is 5.12. The highest BCUT2D eigenvalue weighted by Gasteiger charge is 2.34. The summed E-state index contributed by atoms with van der Waals surface area (Å²) in [6.45, 7) is 7.17. The summed E-state index contributed by atoms with van der Waals surface area (Å²) in [5, 5.41) is 7.70. The molecule has 26 heavy (non-hydrogen) atoms. The van der Waals surface area contributed by atoms with Crippen LogP contribution in [0.3, 0.4) is 0 Å². The van der Waals surface area contributed by atoms with E-state index in [0.29, 0.717) is 13.1 Å². The van der Waals surface area contributed by atoms with Crippen molar-refractivity contribution in [2.24, 2.45) is 0 Å². The van der Waals surface area contributed by atoms with Gasteiger partial charge in [0.2, 0.25) is 5.95 Å². The van der Waals surface area contributed by atoms with Crippen LogP contribution in [0.2, 0.25) is 0 Å². The molecule has 0 bridgehead atoms. The van der Waals surface area contributed by atoms with E-state index in [2.05, 4.69) is 38.3 Å². The molecule has 2 fully saturated rings. The van der Waals surface area contributed by atoms with Gasteiger partial charge in [-0.1, -0.05) is 0 Å². The third-order valence-electron chi connectivity index (χ3n) is 5.12. The number of nitrogens with zero attached hydrogens (tertiary/aromatic N) is 6. The van der Waals surface area contributed by atoms with Crippen molar-refractivity contribution in [2.75, 3.05) is 31.1 Å². The Morgan fingerprint density at radius 3 is 2.65 bits per heavy atom. The molecule has 0 unspecified atom stereocenters. The molecular formula is C18H25N7O. The normalized spacial score (nSPS) is 20.8. The summed E-state index contributed by atoms with van der Waals surface area (Å²) < 4.78 is 2.04. The standard InChI is InChI=1S/C18H25N7O/c1-13-9-14(2)25(22-13)16-11-24(12-16)18(26)21-15-5-3-8-23(10-15)17-19-6-4-7-20-17/h4,6-7,9,15-16H,3,5,8,10-12H2,1-2H3,(H,21,26)/t15-/m0/s1. The average Bonchev–Trinajstić information content (AvgIpc) is 2.93. The first kappa shape index (κ1) is 16.8. The Hall–Kier alpha value is -2.64. The lowest BCUT2D eigenvalue weighted by atomic mass is 10.1. The van der Waals surface area contributed by atoms with Gasteiger partial charge < -0.3 is 15.1 Å². The minimum Gasteiger partial charge on any atom is -0.339 e. The summed E-state index contributed by atoms with van der Waals surface area (Å²) in [4.78, 5) is 25.2. The second-order valence-corrected chi connectivity index (χ2v) is 7.21. The van der Waals surface area contributed by atoms with Gasteiger partial charge in [-0.25, -0.2) is 14.8 Å². The monoisotopic (exact) mass is 355 g/mol. The van der Waals surface area contributed by atoms with Crippen LogP contribution in [0, 0.1) is 13.8 Å². The van der Waals surface area contributed by atoms with Crippen molar-refractivity contribution in [3.63, 3.8) is 0 Å². The van der Waals surface area contributed by atoms with Gasteiger partial charge in [0.25, 0.3) is 0 Å². The number of aryl methyl sites for hydroxylation is 2. The number of aromatic nitrogens is 4. The molecule has 4 rings (SSSR count). The predicted octanol–water partition coefficient (Wildman–Crippen LogP) is 1.53. The Kier molecular flexibility index (Phi) is 4.48. The molecule has 0 spiro atoms. The Labute approximate surface area is 153 Å². The molecule has 2 saturated heterocycles. The molecule has 0 aliphatic carbocycles. The molecule has 8 heteroatoms. The molecule has 1 N–H and O–H groups in total. The molecule has 2 aliphatic heterocycles. The number of hydrogen-bond donors (Lipinski definition) is 1. The number of likely N-dealkylation sites (tertiary alicyclic amines) is 1. The summed E-state index contributed by atoms with van der Waals surface area (Å²) in [5.41, 5.74) is 2.18. The van der Waals surface area contributed by atoms with Crippen LogP contribution in [0.1, 0.15) is 30.3 Å². The maximum Gasteiger partial charge on any atom is 0.317 e. The van der Waals surface area contributed by atoms with Crippen LogP contribution in [-0.4, -0.2) is 62.9 Å². The fourth-order valence-electron chi connectivity index (χ4n) is 3.79. The van der Waals surface area contributed by atoms with Crippen LogP contribution in [0.15, 0.2) is 24.5 Å². The van der Waals surface area contributed by atoms with E-state index in [4.69, 9.17) is 0 Å². The van der Waals surface area contributed by atoms with Gasteiger partial charge in [-0.3, -0.25) is 4.68 Å². The zero-order valence-corrected chi connectivity index (χ0v) is 15.3. The van der Waals surface area contributed by atoms with E-state index in [1.165, 1.54) is 0 Å². The second-order valence-electron chi connectivity index (χ2n) is 7.21. The molecule has 2 aliphatic rings. The minimum atomic E-state index is 0.0172. The first-order chi connectivity index (χ1) is 12.6. The molecule has 0 radical (unpaired) electrons. The van der Waals surface area contributed by atoms with Gasteiger partial charge in [-0.05, 0) is 38.8 Å². The number of amides is 2. The summed E-state index contributed by atoms with van der Waals surface area (Å²) >= 11 is 0. The van der Waals surface area contributed by atoms with E-state index >= 15 is 0 Å². The number of nitrogens with one attached hydrogen (secondary N) is 1. The number of urea groups is 1.